The molecule has 0 spiro atoms. The van der Waals surface area contributed by atoms with Crippen LogP contribution in [0, 0.1) is 5.82 Å². The Bertz CT molecular complexity index is 626. The molecule has 0 amide bonds. The molecule has 2 aromatic rings. The molecule has 0 bridgehead atoms. The van der Waals surface area contributed by atoms with Gasteiger partial charge < -0.3 is 4.90 Å². The van der Waals surface area contributed by atoms with Crippen LogP contribution in [0.1, 0.15) is 28.4 Å². The van der Waals surface area contributed by atoms with Crippen LogP contribution in [0.4, 0.5) is 10.1 Å². The van der Waals surface area contributed by atoms with Crippen LogP contribution in [0.5, 0.6) is 0 Å². The average molecular weight is 255 g/mol. The maximum absolute atomic E-state index is 14.1. The minimum absolute atomic E-state index is 0.116. The lowest BCUT2D eigenvalue weighted by Crippen LogP contribution is -2.16. The van der Waals surface area contributed by atoms with Gasteiger partial charge in [0.05, 0.1) is 5.69 Å². The molecule has 0 radical (unpaired) electrons. The zero-order chi connectivity index (χ0) is 13.4. The number of Topliss-reactive ketones (excluding diaryl/α,β-unsaturated/α-hetero) is 1. The third-order valence-electron chi connectivity index (χ3n) is 3.54. The topological polar surface area (TPSA) is 20.3 Å². The first-order chi connectivity index (χ1) is 9.15. The predicted octanol–water partition coefficient (Wildman–Crippen LogP) is 3.55. The van der Waals surface area contributed by atoms with Gasteiger partial charge in [-0.3, -0.25) is 4.79 Å². The van der Waals surface area contributed by atoms with E-state index in [0.717, 1.165) is 0 Å². The van der Waals surface area contributed by atoms with Gasteiger partial charge in [-0.15, -0.1) is 0 Å². The van der Waals surface area contributed by atoms with E-state index in [-0.39, 0.29) is 11.6 Å². The van der Waals surface area contributed by atoms with Crippen LogP contribution in [0.3, 0.4) is 0 Å². The molecule has 0 N–H and O–H groups in total. The van der Waals surface area contributed by atoms with Crippen molar-refractivity contribution < 1.29 is 9.18 Å². The highest BCUT2D eigenvalue weighted by atomic mass is 19.1. The molecule has 96 valence electrons. The molecule has 2 aromatic carbocycles. The van der Waals surface area contributed by atoms with Crippen molar-refractivity contribution >= 4 is 11.5 Å². The van der Waals surface area contributed by atoms with Gasteiger partial charge in [-0.05, 0) is 36.2 Å². The summed E-state index contributed by atoms with van der Waals surface area (Å²) < 4.78 is 14.1. The van der Waals surface area contributed by atoms with Crippen molar-refractivity contribution in [2.75, 3.05) is 4.90 Å². The Morgan fingerprint density at radius 2 is 1.74 bits per heavy atom. The summed E-state index contributed by atoms with van der Waals surface area (Å²) in [5.41, 5.74) is 3.44. The van der Waals surface area contributed by atoms with E-state index in [4.69, 9.17) is 0 Å². The number of ketones is 1. The van der Waals surface area contributed by atoms with Crippen molar-refractivity contribution in [1.29, 1.82) is 0 Å². The van der Waals surface area contributed by atoms with Gasteiger partial charge in [0, 0.05) is 18.7 Å². The van der Waals surface area contributed by atoms with Gasteiger partial charge in [0.25, 0.3) is 0 Å². The van der Waals surface area contributed by atoms with Crippen LogP contribution in [-0.4, -0.2) is 5.78 Å². The molecular formula is C16H14FNO. The summed E-state index contributed by atoms with van der Waals surface area (Å²) in [6.07, 6.45) is 0. The highest BCUT2D eigenvalue weighted by Crippen LogP contribution is 2.30. The van der Waals surface area contributed by atoms with Crippen LogP contribution < -0.4 is 4.90 Å². The molecule has 0 fully saturated rings. The van der Waals surface area contributed by atoms with Gasteiger partial charge in [0.1, 0.15) is 5.82 Å². The largest absolute Gasteiger partial charge is 0.360 e. The van der Waals surface area contributed by atoms with E-state index in [0.29, 0.717) is 24.3 Å². The maximum Gasteiger partial charge on any atom is 0.159 e. The summed E-state index contributed by atoms with van der Waals surface area (Å²) in [7, 11) is 0. The first-order valence-electron chi connectivity index (χ1n) is 6.27. The second-order valence-corrected chi connectivity index (χ2v) is 4.85. The lowest BCUT2D eigenvalue weighted by Gasteiger charge is -2.18. The first-order valence-corrected chi connectivity index (χ1v) is 6.27. The Balaban J connectivity index is 1.91. The summed E-state index contributed by atoms with van der Waals surface area (Å²) >= 11 is 0. The fraction of sp³-hybridized carbons (Fsp3) is 0.188. The molecule has 1 aliphatic heterocycles. The molecule has 0 saturated heterocycles. The Morgan fingerprint density at radius 3 is 2.26 bits per heavy atom. The molecule has 0 saturated carbocycles. The minimum Gasteiger partial charge on any atom is -0.360 e. The molecular weight excluding hydrogens is 241 g/mol. The quantitative estimate of drug-likeness (QED) is 0.765. The number of nitrogens with zero attached hydrogens (tertiary/aromatic N) is 1. The van der Waals surface area contributed by atoms with Gasteiger partial charge in [-0.2, -0.15) is 0 Å². The third-order valence-corrected chi connectivity index (χ3v) is 3.54. The number of anilines is 1. The van der Waals surface area contributed by atoms with E-state index in [2.05, 4.69) is 12.1 Å². The standard InChI is InChI=1S/C16H14FNO/c1-11(19)12-6-7-16(15(17)8-12)18-9-13-4-2-3-5-14(13)10-18/h2-8H,9-10H2,1H3. The van der Waals surface area contributed by atoms with E-state index in [1.165, 1.54) is 24.1 Å². The molecule has 0 aromatic heterocycles. The van der Waals surface area contributed by atoms with Gasteiger partial charge in [0.2, 0.25) is 0 Å². The van der Waals surface area contributed by atoms with Gasteiger partial charge in [-0.25, -0.2) is 4.39 Å². The Hall–Kier alpha value is -2.16. The molecule has 19 heavy (non-hydrogen) atoms. The van der Waals surface area contributed by atoms with Crippen LogP contribution >= 0.6 is 0 Å². The Kier molecular flexibility index (Phi) is 2.82. The monoisotopic (exact) mass is 255 g/mol. The number of benzene rings is 2. The molecule has 2 nitrogen and oxygen atoms in total. The summed E-state index contributed by atoms with van der Waals surface area (Å²) in [5, 5.41) is 0. The fourth-order valence-electron chi connectivity index (χ4n) is 2.49. The molecule has 0 aliphatic carbocycles. The number of carbonyl (C=O) groups is 1. The van der Waals surface area contributed by atoms with Crippen molar-refractivity contribution in [2.24, 2.45) is 0 Å². The number of hydrogen-bond acceptors (Lipinski definition) is 2. The number of fused-ring (bicyclic) bond motifs is 1. The first kappa shape index (κ1) is 11.9. The molecule has 1 heterocycles. The number of hydrogen-bond donors (Lipinski definition) is 0. The number of rotatable bonds is 2. The van der Waals surface area contributed by atoms with Crippen molar-refractivity contribution in [3.8, 4) is 0 Å². The van der Waals surface area contributed by atoms with Crippen LogP contribution in [0.15, 0.2) is 42.5 Å². The van der Waals surface area contributed by atoms with E-state index in [1.54, 1.807) is 12.1 Å². The van der Waals surface area contributed by atoms with Gasteiger partial charge >= 0.3 is 0 Å². The zero-order valence-electron chi connectivity index (χ0n) is 10.7. The van der Waals surface area contributed by atoms with Crippen LogP contribution in [0.25, 0.3) is 0 Å². The summed E-state index contributed by atoms with van der Waals surface area (Å²) in [6.45, 7) is 2.87. The lowest BCUT2D eigenvalue weighted by atomic mass is 10.1. The van der Waals surface area contributed by atoms with Crippen molar-refractivity contribution in [1.82, 2.24) is 0 Å². The smallest absolute Gasteiger partial charge is 0.159 e. The van der Waals surface area contributed by atoms with Crippen LogP contribution in [-0.2, 0) is 13.1 Å². The second-order valence-electron chi connectivity index (χ2n) is 4.85. The van der Waals surface area contributed by atoms with Crippen LogP contribution in [0.2, 0.25) is 0 Å². The van der Waals surface area contributed by atoms with Crippen molar-refractivity contribution in [2.45, 2.75) is 20.0 Å². The number of halogens is 1. The zero-order valence-corrected chi connectivity index (χ0v) is 10.7. The Labute approximate surface area is 111 Å². The lowest BCUT2D eigenvalue weighted by molar-refractivity contribution is 0.101. The van der Waals surface area contributed by atoms with Gasteiger partial charge in [-0.1, -0.05) is 24.3 Å². The van der Waals surface area contributed by atoms with E-state index in [9.17, 15) is 9.18 Å². The average Bonchev–Trinajstić information content (AvgIpc) is 2.81. The third kappa shape index (κ3) is 2.12. The molecule has 0 unspecified atom stereocenters. The highest BCUT2D eigenvalue weighted by Gasteiger charge is 2.21. The van der Waals surface area contributed by atoms with Crippen molar-refractivity contribution in [3.05, 3.63) is 65.0 Å². The van der Waals surface area contributed by atoms with E-state index >= 15 is 0 Å². The van der Waals surface area contributed by atoms with E-state index < -0.39 is 0 Å². The van der Waals surface area contributed by atoms with E-state index in [1.807, 2.05) is 17.0 Å². The fourth-order valence-corrected chi connectivity index (χ4v) is 2.49. The van der Waals surface area contributed by atoms with Crippen molar-refractivity contribution in [3.63, 3.8) is 0 Å². The highest BCUT2D eigenvalue weighted by molar-refractivity contribution is 5.94. The molecule has 1 aliphatic rings. The summed E-state index contributed by atoms with van der Waals surface area (Å²) in [4.78, 5) is 13.2. The minimum atomic E-state index is -0.333. The Morgan fingerprint density at radius 1 is 1.11 bits per heavy atom. The number of carbonyl (C=O) groups excluding carboxylic acids is 1. The van der Waals surface area contributed by atoms with Gasteiger partial charge in [0.15, 0.2) is 5.78 Å². The maximum atomic E-state index is 14.1. The summed E-state index contributed by atoms with van der Waals surface area (Å²) in [6, 6.07) is 12.8. The molecule has 0 atom stereocenters. The normalized spacial score (nSPS) is 13.5. The SMILES string of the molecule is CC(=O)c1ccc(N2Cc3ccccc3C2)c(F)c1. The molecule has 3 heteroatoms. The summed E-state index contributed by atoms with van der Waals surface area (Å²) in [5.74, 6) is -0.448. The second kappa shape index (κ2) is 4.50. The molecule has 3 rings (SSSR count). The predicted molar refractivity (Wildman–Crippen MR) is 72.7 cm³/mol.